The number of pyridine rings is 1. The second-order valence-electron chi connectivity index (χ2n) is 8.00. The van der Waals surface area contributed by atoms with Crippen LogP contribution in [-0.4, -0.2) is 32.2 Å². The van der Waals surface area contributed by atoms with Crippen LogP contribution in [-0.2, 0) is 16.6 Å². The van der Waals surface area contributed by atoms with Gasteiger partial charge in [0.25, 0.3) is 5.91 Å². The quantitative estimate of drug-likeness (QED) is 0.480. The Labute approximate surface area is 197 Å². The fraction of sp³-hybridized carbons (Fsp3) is 0.250. The predicted molar refractivity (Wildman–Crippen MR) is 126 cm³/mol. The molecule has 2 aromatic carbocycles. The number of halogens is 1. The maximum atomic E-state index is 11.9. The molecular formula is C24H23ClN2O5S. The first kappa shape index (κ1) is 23.1. The first-order valence-electron chi connectivity index (χ1n) is 10.4. The smallest absolute Gasteiger partial charge is 0.264 e. The van der Waals surface area contributed by atoms with Crippen LogP contribution in [0.3, 0.4) is 0 Å². The van der Waals surface area contributed by atoms with E-state index in [0.717, 1.165) is 22.9 Å². The summed E-state index contributed by atoms with van der Waals surface area (Å²) < 4.78 is 35.9. The molecule has 0 radical (unpaired) electrons. The molecule has 0 saturated heterocycles. The van der Waals surface area contributed by atoms with Crippen LogP contribution in [0.2, 0.25) is 5.02 Å². The number of nitrogens with zero attached hydrogens (tertiary/aromatic N) is 1. The van der Waals surface area contributed by atoms with Crippen LogP contribution < -0.4 is 14.2 Å². The van der Waals surface area contributed by atoms with Crippen LogP contribution in [0, 0.1) is 5.92 Å². The molecule has 1 aliphatic rings. The van der Waals surface area contributed by atoms with Gasteiger partial charge in [0, 0.05) is 28.4 Å². The summed E-state index contributed by atoms with van der Waals surface area (Å²) in [6, 6.07) is 15.7. The summed E-state index contributed by atoms with van der Waals surface area (Å²) in [5.41, 5.74) is 2.81. The first-order chi connectivity index (χ1) is 15.7. The van der Waals surface area contributed by atoms with Gasteiger partial charge in [0.15, 0.2) is 0 Å². The lowest BCUT2D eigenvalue weighted by atomic mass is 10.1. The molecule has 1 aromatic heterocycles. The molecule has 0 bridgehead atoms. The topological polar surface area (TPSA) is 94.6 Å². The molecule has 1 saturated carbocycles. The van der Waals surface area contributed by atoms with Gasteiger partial charge in [-0.2, -0.15) is 0 Å². The third kappa shape index (κ3) is 6.94. The highest BCUT2D eigenvalue weighted by molar-refractivity contribution is 7.89. The molecule has 1 fully saturated rings. The minimum Gasteiger partial charge on any atom is -0.489 e. The number of nitrogens with one attached hydrogen (secondary N) is 1. The normalized spacial score (nSPS) is 13.4. The Bertz CT molecular complexity index is 1240. The zero-order valence-corrected chi connectivity index (χ0v) is 19.5. The van der Waals surface area contributed by atoms with Crippen molar-refractivity contribution in [1.29, 1.82) is 0 Å². The van der Waals surface area contributed by atoms with E-state index in [9.17, 15) is 13.2 Å². The molecule has 3 aromatic rings. The first-order valence-corrected chi connectivity index (χ1v) is 12.7. The van der Waals surface area contributed by atoms with Crippen molar-refractivity contribution < 1.29 is 22.7 Å². The van der Waals surface area contributed by atoms with Crippen LogP contribution in [0.1, 0.15) is 28.8 Å². The Morgan fingerprint density at radius 2 is 1.82 bits per heavy atom. The number of carbonyl (C=O) groups excluding carboxylic acids is 1. The van der Waals surface area contributed by atoms with Crippen molar-refractivity contribution >= 4 is 27.5 Å². The summed E-state index contributed by atoms with van der Waals surface area (Å²) in [6.45, 7) is 0.963. The molecule has 0 unspecified atom stereocenters. The van der Waals surface area contributed by atoms with Crippen LogP contribution in [0.15, 0.2) is 60.8 Å². The van der Waals surface area contributed by atoms with E-state index < -0.39 is 15.9 Å². The third-order valence-corrected chi connectivity index (χ3v) is 5.78. The average molecular weight is 487 g/mol. The Balaban J connectivity index is 1.39. The van der Waals surface area contributed by atoms with Gasteiger partial charge in [-0.3, -0.25) is 4.79 Å². The molecule has 0 atom stereocenters. The van der Waals surface area contributed by atoms with E-state index in [1.54, 1.807) is 36.5 Å². The van der Waals surface area contributed by atoms with Crippen LogP contribution in [0.4, 0.5) is 0 Å². The molecule has 4 rings (SSSR count). The fourth-order valence-corrected chi connectivity index (χ4v) is 3.76. The maximum absolute atomic E-state index is 11.9. The Morgan fingerprint density at radius 1 is 1.06 bits per heavy atom. The minimum atomic E-state index is -3.61. The van der Waals surface area contributed by atoms with E-state index in [4.69, 9.17) is 21.1 Å². The molecule has 0 aliphatic heterocycles. The Kier molecular flexibility index (Phi) is 6.85. The van der Waals surface area contributed by atoms with Crippen molar-refractivity contribution in [2.24, 2.45) is 5.92 Å². The molecule has 1 N–H and O–H groups in total. The third-order valence-electron chi connectivity index (χ3n) is 5.00. The monoisotopic (exact) mass is 486 g/mol. The van der Waals surface area contributed by atoms with Crippen molar-refractivity contribution in [3.05, 3.63) is 76.9 Å². The van der Waals surface area contributed by atoms with Gasteiger partial charge in [-0.15, -0.1) is 0 Å². The van der Waals surface area contributed by atoms with Gasteiger partial charge >= 0.3 is 0 Å². The second-order valence-corrected chi connectivity index (χ2v) is 10.2. The summed E-state index contributed by atoms with van der Waals surface area (Å²) in [7, 11) is -3.61. The van der Waals surface area contributed by atoms with Crippen molar-refractivity contribution in [1.82, 2.24) is 9.71 Å². The van der Waals surface area contributed by atoms with E-state index in [1.807, 2.05) is 29.0 Å². The summed E-state index contributed by atoms with van der Waals surface area (Å²) in [5, 5.41) is 0.532. The molecule has 1 amide bonds. The van der Waals surface area contributed by atoms with Crippen LogP contribution in [0.5, 0.6) is 11.6 Å². The van der Waals surface area contributed by atoms with Crippen molar-refractivity contribution in [2.75, 3.05) is 12.9 Å². The molecule has 33 heavy (non-hydrogen) atoms. The number of benzene rings is 2. The predicted octanol–water partition coefficient (Wildman–Crippen LogP) is 4.46. The number of carbonyl (C=O) groups is 1. The van der Waals surface area contributed by atoms with Crippen molar-refractivity contribution in [3.8, 4) is 22.8 Å². The van der Waals surface area contributed by atoms with E-state index in [1.165, 1.54) is 12.8 Å². The molecule has 7 nitrogen and oxygen atoms in total. The molecular weight excluding hydrogens is 464 g/mol. The zero-order valence-electron chi connectivity index (χ0n) is 18.0. The number of ether oxygens (including phenoxy) is 2. The van der Waals surface area contributed by atoms with Crippen molar-refractivity contribution in [2.45, 2.75) is 19.4 Å². The number of hydrogen-bond acceptors (Lipinski definition) is 6. The minimum absolute atomic E-state index is 0.242. The number of amides is 1. The highest BCUT2D eigenvalue weighted by Crippen LogP contribution is 2.31. The van der Waals surface area contributed by atoms with E-state index in [0.29, 0.717) is 29.2 Å². The summed E-state index contributed by atoms with van der Waals surface area (Å²) in [6.07, 6.45) is 5.13. The van der Waals surface area contributed by atoms with Gasteiger partial charge in [0.05, 0.1) is 12.9 Å². The van der Waals surface area contributed by atoms with Crippen molar-refractivity contribution in [3.63, 3.8) is 0 Å². The van der Waals surface area contributed by atoms with Gasteiger partial charge < -0.3 is 9.47 Å². The SMILES string of the molecule is CS(=O)(=O)NC(=O)c1ccc(COc2cc(Cl)cc(-c3ccc(OCC4CC4)nc3)c2)cc1. The summed E-state index contributed by atoms with van der Waals surface area (Å²) >= 11 is 6.29. The Morgan fingerprint density at radius 3 is 2.45 bits per heavy atom. The van der Waals surface area contributed by atoms with Gasteiger partial charge in [-0.25, -0.2) is 18.1 Å². The number of hydrogen-bond donors (Lipinski definition) is 1. The largest absolute Gasteiger partial charge is 0.489 e. The highest BCUT2D eigenvalue weighted by atomic mass is 35.5. The number of aromatic nitrogens is 1. The standard InChI is InChI=1S/C24H23ClN2O5S/c1-33(29,30)27-24(28)18-6-4-17(5-7-18)14-31-22-11-20(10-21(25)12-22)19-8-9-23(26-13-19)32-15-16-2-3-16/h4-13,16H,2-3,14-15H2,1H3,(H,27,28). The lowest BCUT2D eigenvalue weighted by molar-refractivity contribution is 0.0981. The Hall–Kier alpha value is -3.10. The van der Waals surface area contributed by atoms with E-state index in [2.05, 4.69) is 4.98 Å². The zero-order chi connectivity index (χ0) is 23.4. The van der Waals surface area contributed by atoms with Gasteiger partial charge in [0.2, 0.25) is 15.9 Å². The van der Waals surface area contributed by atoms with Gasteiger partial charge in [-0.05, 0) is 66.3 Å². The number of sulfonamides is 1. The molecule has 0 spiro atoms. The fourth-order valence-electron chi connectivity index (χ4n) is 3.08. The lowest BCUT2D eigenvalue weighted by Crippen LogP contribution is -2.29. The van der Waals surface area contributed by atoms with Crippen LogP contribution >= 0.6 is 11.6 Å². The van der Waals surface area contributed by atoms with E-state index in [-0.39, 0.29) is 12.2 Å². The van der Waals surface area contributed by atoms with Gasteiger partial charge in [-0.1, -0.05) is 23.7 Å². The lowest BCUT2D eigenvalue weighted by Gasteiger charge is -2.11. The number of rotatable bonds is 9. The molecule has 172 valence electrons. The van der Waals surface area contributed by atoms with E-state index >= 15 is 0 Å². The second kappa shape index (κ2) is 9.80. The van der Waals surface area contributed by atoms with Crippen LogP contribution in [0.25, 0.3) is 11.1 Å². The molecule has 1 aliphatic carbocycles. The summed E-state index contributed by atoms with van der Waals surface area (Å²) in [5.74, 6) is 1.19. The molecule has 9 heteroatoms. The molecule has 1 heterocycles. The van der Waals surface area contributed by atoms with Gasteiger partial charge in [0.1, 0.15) is 12.4 Å². The average Bonchev–Trinajstić information content (AvgIpc) is 3.60. The highest BCUT2D eigenvalue weighted by Gasteiger charge is 2.22. The summed E-state index contributed by atoms with van der Waals surface area (Å²) in [4.78, 5) is 16.3. The maximum Gasteiger partial charge on any atom is 0.264 e.